The number of hydrogen-bond donors (Lipinski definition) is 0. The Labute approximate surface area is 208 Å². The van der Waals surface area contributed by atoms with Gasteiger partial charge in [-0.05, 0) is 55.3 Å². The molecular formula is C28H25ClFN3O2. The van der Waals surface area contributed by atoms with Crippen LogP contribution in [0, 0.1) is 5.82 Å². The van der Waals surface area contributed by atoms with Crippen LogP contribution in [-0.4, -0.2) is 26.9 Å². The van der Waals surface area contributed by atoms with Crippen LogP contribution in [0.3, 0.4) is 0 Å². The minimum atomic E-state index is -0.583. The highest BCUT2D eigenvalue weighted by Gasteiger charge is 2.25. The lowest BCUT2D eigenvalue weighted by Gasteiger charge is -2.29. The summed E-state index contributed by atoms with van der Waals surface area (Å²) in [6, 6.07) is 20.1. The smallest absolute Gasteiger partial charge is 0.266 e. The van der Waals surface area contributed by atoms with Gasteiger partial charge in [0, 0.05) is 12.6 Å². The van der Waals surface area contributed by atoms with Crippen LogP contribution in [0.15, 0.2) is 83.7 Å². The van der Waals surface area contributed by atoms with E-state index in [1.165, 1.54) is 28.8 Å². The summed E-state index contributed by atoms with van der Waals surface area (Å²) in [5, 5.41) is 0.315. The molecule has 35 heavy (non-hydrogen) atoms. The molecule has 5 nitrogen and oxygen atoms in total. The molecule has 4 aromatic rings. The highest BCUT2D eigenvalue weighted by atomic mass is 35.5. The lowest BCUT2D eigenvalue weighted by atomic mass is 10.1. The van der Waals surface area contributed by atoms with E-state index in [2.05, 4.69) is 0 Å². The molecule has 0 aliphatic rings. The first kappa shape index (κ1) is 24.4. The van der Waals surface area contributed by atoms with Gasteiger partial charge in [-0.2, -0.15) is 0 Å². The quantitative estimate of drug-likeness (QED) is 0.291. The van der Waals surface area contributed by atoms with Crippen molar-refractivity contribution in [2.24, 2.45) is 0 Å². The maximum Gasteiger partial charge on any atom is 0.266 e. The molecule has 3 aromatic carbocycles. The van der Waals surface area contributed by atoms with Gasteiger partial charge >= 0.3 is 0 Å². The van der Waals surface area contributed by atoms with Gasteiger partial charge in [0.05, 0.1) is 27.7 Å². The Balaban J connectivity index is 1.84. The van der Waals surface area contributed by atoms with Crippen molar-refractivity contribution < 1.29 is 9.18 Å². The standard InChI is InChI=1S/C28H25ClFN3O2/c1-3-17-32(26(34)16-13-20-9-5-4-6-10-20)19(2)27-31-25-12-8-7-11-22(25)28(35)33(27)21-14-15-24(30)23(29)18-21/h4-16,18-19H,3,17H2,1-2H3/b16-13+. The molecule has 1 aromatic heterocycles. The van der Waals surface area contributed by atoms with Crippen molar-refractivity contribution in [3.05, 3.63) is 111 Å². The fourth-order valence-corrected chi connectivity index (χ4v) is 4.18. The summed E-state index contributed by atoms with van der Waals surface area (Å²) in [5.74, 6) is -0.416. The molecule has 0 aliphatic heterocycles. The maximum atomic E-state index is 13.9. The van der Waals surface area contributed by atoms with Crippen LogP contribution in [0.1, 0.15) is 37.7 Å². The first-order valence-electron chi connectivity index (χ1n) is 11.4. The molecular weight excluding hydrogens is 465 g/mol. The van der Waals surface area contributed by atoms with E-state index in [1.54, 1.807) is 35.2 Å². The Hall–Kier alpha value is -3.77. The molecule has 7 heteroatoms. The fraction of sp³-hybridized carbons (Fsp3) is 0.179. The molecule has 1 unspecified atom stereocenters. The first-order valence-corrected chi connectivity index (χ1v) is 11.8. The second-order valence-electron chi connectivity index (χ2n) is 8.18. The summed E-state index contributed by atoms with van der Waals surface area (Å²) in [5.41, 5.74) is 1.49. The lowest BCUT2D eigenvalue weighted by molar-refractivity contribution is -0.128. The van der Waals surface area contributed by atoms with Crippen LogP contribution in [0.2, 0.25) is 5.02 Å². The molecule has 0 radical (unpaired) electrons. The van der Waals surface area contributed by atoms with Gasteiger partial charge in [-0.25, -0.2) is 9.37 Å². The second-order valence-corrected chi connectivity index (χ2v) is 8.58. The van der Waals surface area contributed by atoms with Gasteiger partial charge in [0.1, 0.15) is 11.6 Å². The van der Waals surface area contributed by atoms with Crippen molar-refractivity contribution >= 4 is 34.5 Å². The number of para-hydroxylation sites is 1. The molecule has 178 valence electrons. The number of nitrogens with zero attached hydrogens (tertiary/aromatic N) is 3. The molecule has 0 saturated carbocycles. The van der Waals surface area contributed by atoms with Crippen LogP contribution in [0.5, 0.6) is 0 Å². The largest absolute Gasteiger partial charge is 0.329 e. The monoisotopic (exact) mass is 489 g/mol. The van der Waals surface area contributed by atoms with Gasteiger partial charge in [0.2, 0.25) is 5.91 Å². The zero-order valence-corrected chi connectivity index (χ0v) is 20.2. The summed E-state index contributed by atoms with van der Waals surface area (Å²) in [6.07, 6.45) is 4.01. The highest BCUT2D eigenvalue weighted by molar-refractivity contribution is 6.30. The molecule has 0 N–H and O–H groups in total. The molecule has 0 saturated heterocycles. The van der Waals surface area contributed by atoms with Gasteiger partial charge in [-0.3, -0.25) is 14.2 Å². The minimum Gasteiger partial charge on any atom is -0.329 e. The van der Waals surface area contributed by atoms with Crippen LogP contribution in [0.4, 0.5) is 4.39 Å². The summed E-state index contributed by atoms with van der Waals surface area (Å²) in [6.45, 7) is 4.28. The van der Waals surface area contributed by atoms with E-state index < -0.39 is 11.9 Å². The normalized spacial score (nSPS) is 12.2. The highest BCUT2D eigenvalue weighted by Crippen LogP contribution is 2.25. The lowest BCUT2D eigenvalue weighted by Crippen LogP contribution is -2.37. The number of rotatable bonds is 7. The second kappa shape index (κ2) is 10.7. The third kappa shape index (κ3) is 5.17. The van der Waals surface area contributed by atoms with E-state index in [-0.39, 0.29) is 16.5 Å². The predicted octanol–water partition coefficient (Wildman–Crippen LogP) is 6.19. The van der Waals surface area contributed by atoms with Crippen molar-refractivity contribution in [2.45, 2.75) is 26.3 Å². The van der Waals surface area contributed by atoms with Crippen molar-refractivity contribution in [3.63, 3.8) is 0 Å². The van der Waals surface area contributed by atoms with Crippen molar-refractivity contribution in [2.75, 3.05) is 6.54 Å². The van der Waals surface area contributed by atoms with Gasteiger partial charge in [0.25, 0.3) is 5.56 Å². The molecule has 1 atom stereocenters. The van der Waals surface area contributed by atoms with E-state index in [0.29, 0.717) is 29.0 Å². The van der Waals surface area contributed by atoms with Gasteiger partial charge in [-0.1, -0.05) is 61.0 Å². The third-order valence-electron chi connectivity index (χ3n) is 5.77. The zero-order chi connectivity index (χ0) is 24.9. The number of hydrogen-bond acceptors (Lipinski definition) is 3. The van der Waals surface area contributed by atoms with Crippen molar-refractivity contribution in [1.29, 1.82) is 0 Å². The van der Waals surface area contributed by atoms with Gasteiger partial charge in [-0.15, -0.1) is 0 Å². The topological polar surface area (TPSA) is 55.2 Å². The Bertz CT molecular complexity index is 1450. The number of halogens is 2. The first-order chi connectivity index (χ1) is 16.9. The Morgan fingerprint density at radius 2 is 1.83 bits per heavy atom. The summed E-state index contributed by atoms with van der Waals surface area (Å²) in [7, 11) is 0. The maximum absolute atomic E-state index is 13.9. The molecule has 4 rings (SSSR count). The fourth-order valence-electron chi connectivity index (χ4n) is 4.01. The predicted molar refractivity (Wildman–Crippen MR) is 138 cm³/mol. The van der Waals surface area contributed by atoms with Crippen LogP contribution in [0.25, 0.3) is 22.7 Å². The Morgan fingerprint density at radius 3 is 2.54 bits per heavy atom. The molecule has 0 aliphatic carbocycles. The Kier molecular flexibility index (Phi) is 7.42. The number of amides is 1. The number of carbonyl (C=O) groups excluding carboxylic acids is 1. The van der Waals surface area contributed by atoms with Crippen molar-refractivity contribution in [1.82, 2.24) is 14.5 Å². The van der Waals surface area contributed by atoms with Crippen LogP contribution < -0.4 is 5.56 Å². The van der Waals surface area contributed by atoms with E-state index in [9.17, 15) is 14.0 Å². The zero-order valence-electron chi connectivity index (χ0n) is 19.5. The van der Waals surface area contributed by atoms with E-state index in [1.807, 2.05) is 44.2 Å². The van der Waals surface area contributed by atoms with E-state index in [4.69, 9.17) is 16.6 Å². The van der Waals surface area contributed by atoms with Crippen molar-refractivity contribution in [3.8, 4) is 5.69 Å². The summed E-state index contributed by atoms with van der Waals surface area (Å²) in [4.78, 5) is 33.3. The molecule has 0 spiro atoms. The molecule has 0 bridgehead atoms. The SMILES string of the molecule is CCCN(C(=O)/C=C/c1ccccc1)C(C)c1nc2ccccc2c(=O)n1-c1ccc(F)c(Cl)c1. The Morgan fingerprint density at radius 1 is 1.11 bits per heavy atom. The molecule has 1 heterocycles. The van der Waals surface area contributed by atoms with E-state index >= 15 is 0 Å². The number of aromatic nitrogens is 2. The average Bonchev–Trinajstić information content (AvgIpc) is 2.88. The number of fused-ring (bicyclic) bond motifs is 1. The molecule has 0 fully saturated rings. The number of carbonyl (C=O) groups is 1. The average molecular weight is 490 g/mol. The van der Waals surface area contributed by atoms with Crippen LogP contribution in [-0.2, 0) is 4.79 Å². The number of benzene rings is 3. The molecule has 1 amide bonds. The third-order valence-corrected chi connectivity index (χ3v) is 6.06. The minimum absolute atomic E-state index is 0.103. The van der Waals surface area contributed by atoms with Crippen LogP contribution >= 0.6 is 11.6 Å². The van der Waals surface area contributed by atoms with E-state index in [0.717, 1.165) is 12.0 Å². The van der Waals surface area contributed by atoms with Gasteiger partial charge < -0.3 is 4.90 Å². The van der Waals surface area contributed by atoms with Gasteiger partial charge in [0.15, 0.2) is 0 Å². The summed E-state index contributed by atoms with van der Waals surface area (Å²) >= 11 is 6.04. The summed E-state index contributed by atoms with van der Waals surface area (Å²) < 4.78 is 15.3.